The minimum Gasteiger partial charge on any atom is -0.326 e. The summed E-state index contributed by atoms with van der Waals surface area (Å²) in [6.07, 6.45) is 0. The van der Waals surface area contributed by atoms with Crippen molar-refractivity contribution in [2.75, 3.05) is 26.2 Å². The van der Waals surface area contributed by atoms with Crippen LogP contribution in [0.4, 0.5) is 0 Å². The van der Waals surface area contributed by atoms with Crippen LogP contribution in [0.3, 0.4) is 0 Å². The molecule has 0 radical (unpaired) electrons. The van der Waals surface area contributed by atoms with Crippen LogP contribution in [-0.2, 0) is 16.6 Å². The second-order valence-corrected chi connectivity index (χ2v) is 8.25. The molecule has 1 aliphatic rings. The zero-order chi connectivity index (χ0) is 15.8. The van der Waals surface area contributed by atoms with Crippen LogP contribution in [0.2, 0.25) is 0 Å². The zero-order valence-corrected chi connectivity index (χ0v) is 14.0. The molecule has 21 heavy (non-hydrogen) atoms. The Hall–Kier alpha value is -0.960. The highest BCUT2D eigenvalue weighted by Crippen LogP contribution is 2.23. The molecule has 3 N–H and O–H groups in total. The summed E-state index contributed by atoms with van der Waals surface area (Å²) >= 11 is 0. The lowest BCUT2D eigenvalue weighted by Crippen LogP contribution is -2.54. The molecule has 1 aromatic rings. The molecule has 120 valence electrons. The van der Waals surface area contributed by atoms with Gasteiger partial charge in [-0.15, -0.1) is 0 Å². The van der Waals surface area contributed by atoms with Gasteiger partial charge in [0.1, 0.15) is 0 Å². The molecule has 0 aromatic carbocycles. The lowest BCUT2D eigenvalue weighted by molar-refractivity contribution is 0.0921. The molecule has 0 aliphatic carbocycles. The minimum absolute atomic E-state index is 0.0567. The van der Waals surface area contributed by atoms with E-state index in [-0.39, 0.29) is 17.1 Å². The maximum absolute atomic E-state index is 12.7. The van der Waals surface area contributed by atoms with Crippen LogP contribution < -0.4 is 5.73 Å². The van der Waals surface area contributed by atoms with Gasteiger partial charge < -0.3 is 5.73 Å². The predicted molar refractivity (Wildman–Crippen MR) is 81.3 cm³/mol. The molecule has 8 heteroatoms. The molecule has 0 unspecified atom stereocenters. The molecular weight excluding hydrogens is 290 g/mol. The van der Waals surface area contributed by atoms with Crippen LogP contribution >= 0.6 is 0 Å². The van der Waals surface area contributed by atoms with E-state index in [4.69, 9.17) is 5.73 Å². The standard InChI is InChI=1S/C13H25N5O2S/c1-10-11(9-14)12(16-15-10)21(19,20)18-7-5-17(6-8-18)13(2,3)4/h5-9,14H2,1-4H3,(H,15,16). The van der Waals surface area contributed by atoms with Crippen LogP contribution in [0.5, 0.6) is 0 Å². The van der Waals surface area contributed by atoms with E-state index >= 15 is 0 Å². The summed E-state index contributed by atoms with van der Waals surface area (Å²) in [4.78, 5) is 2.29. The molecule has 2 heterocycles. The number of rotatable bonds is 3. The Morgan fingerprint density at radius 3 is 2.29 bits per heavy atom. The highest BCUT2D eigenvalue weighted by atomic mass is 32.2. The van der Waals surface area contributed by atoms with Crippen molar-refractivity contribution < 1.29 is 8.42 Å². The van der Waals surface area contributed by atoms with E-state index in [1.165, 1.54) is 4.31 Å². The van der Waals surface area contributed by atoms with E-state index in [0.29, 0.717) is 24.3 Å². The lowest BCUT2D eigenvalue weighted by atomic mass is 10.1. The second kappa shape index (κ2) is 5.68. The van der Waals surface area contributed by atoms with Crippen molar-refractivity contribution >= 4 is 10.0 Å². The Labute approximate surface area is 126 Å². The Balaban J connectivity index is 2.19. The quantitative estimate of drug-likeness (QED) is 0.835. The smallest absolute Gasteiger partial charge is 0.262 e. The van der Waals surface area contributed by atoms with Crippen molar-refractivity contribution in [2.45, 2.75) is 44.8 Å². The number of sulfonamides is 1. The molecule has 1 fully saturated rings. The average molecular weight is 315 g/mol. The maximum atomic E-state index is 12.7. The summed E-state index contributed by atoms with van der Waals surface area (Å²) in [6, 6.07) is 0. The van der Waals surface area contributed by atoms with Gasteiger partial charge in [0.25, 0.3) is 10.0 Å². The van der Waals surface area contributed by atoms with Gasteiger partial charge in [0.05, 0.1) is 0 Å². The van der Waals surface area contributed by atoms with Gasteiger partial charge in [-0.3, -0.25) is 10.00 Å². The summed E-state index contributed by atoms with van der Waals surface area (Å²) in [7, 11) is -3.57. The van der Waals surface area contributed by atoms with Crippen molar-refractivity contribution in [3.63, 3.8) is 0 Å². The molecule has 0 amide bonds. The van der Waals surface area contributed by atoms with Crippen LogP contribution in [0.1, 0.15) is 32.0 Å². The highest BCUT2D eigenvalue weighted by molar-refractivity contribution is 7.89. The molecule has 7 nitrogen and oxygen atoms in total. The van der Waals surface area contributed by atoms with Gasteiger partial charge in [0, 0.05) is 49.5 Å². The average Bonchev–Trinajstić information content (AvgIpc) is 2.79. The minimum atomic E-state index is -3.57. The van der Waals surface area contributed by atoms with Crippen LogP contribution in [-0.4, -0.2) is 59.5 Å². The molecule has 0 bridgehead atoms. The third-order valence-corrected chi connectivity index (χ3v) is 5.88. The van der Waals surface area contributed by atoms with Crippen molar-refractivity contribution in [3.8, 4) is 0 Å². The van der Waals surface area contributed by atoms with Gasteiger partial charge in [-0.05, 0) is 27.7 Å². The van der Waals surface area contributed by atoms with E-state index in [1.807, 2.05) is 0 Å². The molecule has 0 spiro atoms. The number of aromatic nitrogens is 2. The summed E-state index contributed by atoms with van der Waals surface area (Å²) in [5.41, 5.74) is 7.00. The molecule has 1 aromatic heterocycles. The lowest BCUT2D eigenvalue weighted by Gasteiger charge is -2.41. The number of nitrogens with zero attached hydrogens (tertiary/aromatic N) is 3. The number of aromatic amines is 1. The normalized spacial score (nSPS) is 19.1. The van der Waals surface area contributed by atoms with E-state index < -0.39 is 10.0 Å². The zero-order valence-electron chi connectivity index (χ0n) is 13.2. The summed E-state index contributed by atoms with van der Waals surface area (Å²) in [6.45, 7) is 10.8. The number of piperazine rings is 1. The monoisotopic (exact) mass is 315 g/mol. The van der Waals surface area contributed by atoms with Gasteiger partial charge in [0.2, 0.25) is 0 Å². The van der Waals surface area contributed by atoms with Gasteiger partial charge in [-0.2, -0.15) is 9.40 Å². The fourth-order valence-corrected chi connectivity index (χ4v) is 4.20. The predicted octanol–water partition coefficient (Wildman–Crippen LogP) is 0.282. The first-order valence-corrected chi connectivity index (χ1v) is 8.61. The first kappa shape index (κ1) is 16.4. The number of nitrogens with one attached hydrogen (secondary N) is 1. The number of nitrogens with two attached hydrogens (primary N) is 1. The second-order valence-electron chi connectivity index (χ2n) is 6.40. The van der Waals surface area contributed by atoms with E-state index in [9.17, 15) is 8.42 Å². The number of aryl methyl sites for hydroxylation is 1. The van der Waals surface area contributed by atoms with Gasteiger partial charge in [-0.25, -0.2) is 8.42 Å². The van der Waals surface area contributed by atoms with Gasteiger partial charge in [-0.1, -0.05) is 0 Å². The third kappa shape index (κ3) is 3.13. The third-order valence-electron chi connectivity index (χ3n) is 4.01. The summed E-state index contributed by atoms with van der Waals surface area (Å²) in [5, 5.41) is 6.75. The van der Waals surface area contributed by atoms with Crippen LogP contribution in [0.25, 0.3) is 0 Å². The summed E-state index contributed by atoms with van der Waals surface area (Å²) < 4.78 is 26.9. The fraction of sp³-hybridized carbons (Fsp3) is 0.769. The van der Waals surface area contributed by atoms with Crippen molar-refractivity contribution in [1.29, 1.82) is 0 Å². The number of hydrogen-bond acceptors (Lipinski definition) is 5. The van der Waals surface area contributed by atoms with Crippen molar-refractivity contribution in [1.82, 2.24) is 19.4 Å². The van der Waals surface area contributed by atoms with E-state index in [0.717, 1.165) is 13.1 Å². The van der Waals surface area contributed by atoms with Gasteiger partial charge >= 0.3 is 0 Å². The Bertz CT molecular complexity index is 595. The molecule has 0 saturated carbocycles. The number of hydrogen-bond donors (Lipinski definition) is 2. The summed E-state index contributed by atoms with van der Waals surface area (Å²) in [5.74, 6) is 0. The highest BCUT2D eigenvalue weighted by Gasteiger charge is 2.34. The first-order chi connectivity index (χ1) is 9.67. The maximum Gasteiger partial charge on any atom is 0.262 e. The van der Waals surface area contributed by atoms with E-state index in [1.54, 1.807) is 6.92 Å². The number of H-pyrrole nitrogens is 1. The Morgan fingerprint density at radius 1 is 1.24 bits per heavy atom. The molecule has 2 rings (SSSR count). The molecule has 1 saturated heterocycles. The largest absolute Gasteiger partial charge is 0.326 e. The Kier molecular flexibility index (Phi) is 4.44. The van der Waals surface area contributed by atoms with Crippen molar-refractivity contribution in [2.24, 2.45) is 5.73 Å². The molecule has 0 atom stereocenters. The van der Waals surface area contributed by atoms with Crippen LogP contribution in [0, 0.1) is 6.92 Å². The SMILES string of the molecule is Cc1[nH]nc(S(=O)(=O)N2CCN(C(C)(C)C)CC2)c1CN. The molecule has 1 aliphatic heterocycles. The van der Waals surface area contributed by atoms with Crippen molar-refractivity contribution in [3.05, 3.63) is 11.3 Å². The Morgan fingerprint density at radius 2 is 1.81 bits per heavy atom. The molecular formula is C13H25N5O2S. The first-order valence-electron chi connectivity index (χ1n) is 7.17. The topological polar surface area (TPSA) is 95.3 Å². The van der Waals surface area contributed by atoms with E-state index in [2.05, 4.69) is 35.9 Å². The fourth-order valence-electron chi connectivity index (χ4n) is 2.61. The van der Waals surface area contributed by atoms with Gasteiger partial charge in [0.15, 0.2) is 5.03 Å². The van der Waals surface area contributed by atoms with Crippen LogP contribution in [0.15, 0.2) is 5.03 Å².